The second-order valence-corrected chi connectivity index (χ2v) is 11.2. The van der Waals surface area contributed by atoms with Crippen LogP contribution in [0.1, 0.15) is 71.3 Å². The molecular formula is C26H36OS. The quantitative estimate of drug-likeness (QED) is 0.485. The third-order valence-corrected chi connectivity index (χ3v) is 10.1. The normalized spacial score (nSPS) is 44.9. The highest BCUT2D eigenvalue weighted by atomic mass is 32.1. The van der Waals surface area contributed by atoms with Crippen LogP contribution in [0.15, 0.2) is 34.6 Å². The number of rotatable bonds is 3. The minimum atomic E-state index is 0.376. The first kappa shape index (κ1) is 19.1. The maximum Gasteiger partial charge on any atom is 0.0608 e. The number of allylic oxidation sites excluding steroid dienone is 3. The van der Waals surface area contributed by atoms with Gasteiger partial charge in [0, 0.05) is 7.11 Å². The molecule has 1 aromatic rings. The minimum Gasteiger partial charge on any atom is -0.381 e. The summed E-state index contributed by atoms with van der Waals surface area (Å²) in [6.07, 6.45) is 14.9. The molecule has 1 nitrogen and oxygen atoms in total. The monoisotopic (exact) mass is 396 g/mol. The van der Waals surface area contributed by atoms with E-state index in [9.17, 15) is 0 Å². The van der Waals surface area contributed by atoms with E-state index in [1.165, 1.54) is 50.5 Å². The summed E-state index contributed by atoms with van der Waals surface area (Å²) >= 11 is 1.85. The summed E-state index contributed by atoms with van der Waals surface area (Å²) in [6.45, 7) is 7.63. The summed E-state index contributed by atoms with van der Waals surface area (Å²) in [5.41, 5.74) is 5.69. The van der Waals surface area contributed by atoms with Crippen LogP contribution < -0.4 is 0 Å². The predicted octanol–water partition coefficient (Wildman–Crippen LogP) is 7.36. The Hall–Kier alpha value is -0.860. The Morgan fingerprint density at radius 2 is 1.96 bits per heavy atom. The molecule has 0 aliphatic heterocycles. The van der Waals surface area contributed by atoms with E-state index in [1.54, 1.807) is 11.1 Å². The average Bonchev–Trinajstić information content (AvgIpc) is 3.33. The molecule has 0 radical (unpaired) electrons. The fourth-order valence-electron chi connectivity index (χ4n) is 7.82. The number of methoxy groups -OCH3 is 1. The third-order valence-electron chi connectivity index (χ3n) is 9.45. The highest BCUT2D eigenvalue weighted by Gasteiger charge is 2.58. The van der Waals surface area contributed by atoms with Gasteiger partial charge in [-0.2, -0.15) is 11.3 Å². The van der Waals surface area contributed by atoms with Crippen molar-refractivity contribution < 1.29 is 4.74 Å². The molecule has 2 unspecified atom stereocenters. The zero-order valence-electron chi connectivity index (χ0n) is 18.0. The molecule has 2 heteroatoms. The molecule has 1 heterocycles. The molecule has 0 saturated heterocycles. The Kier molecular flexibility index (Phi) is 4.67. The molecule has 28 heavy (non-hydrogen) atoms. The largest absolute Gasteiger partial charge is 0.381 e. The first-order valence-electron chi connectivity index (χ1n) is 11.5. The van der Waals surface area contributed by atoms with Gasteiger partial charge >= 0.3 is 0 Å². The van der Waals surface area contributed by atoms with Gasteiger partial charge in [0.15, 0.2) is 0 Å². The molecule has 0 aromatic carbocycles. The van der Waals surface area contributed by atoms with Crippen LogP contribution in [0.25, 0.3) is 5.57 Å². The Morgan fingerprint density at radius 3 is 2.68 bits per heavy atom. The van der Waals surface area contributed by atoms with E-state index < -0.39 is 0 Å². The lowest BCUT2D eigenvalue weighted by Crippen LogP contribution is -2.52. The van der Waals surface area contributed by atoms with Crippen molar-refractivity contribution >= 4 is 16.9 Å². The van der Waals surface area contributed by atoms with Crippen LogP contribution in [0.4, 0.5) is 0 Å². The van der Waals surface area contributed by atoms with Crippen molar-refractivity contribution in [1.29, 1.82) is 0 Å². The molecule has 5 rings (SSSR count). The van der Waals surface area contributed by atoms with E-state index in [0.29, 0.717) is 16.9 Å². The van der Waals surface area contributed by atoms with Gasteiger partial charge in [-0.25, -0.2) is 0 Å². The van der Waals surface area contributed by atoms with E-state index in [4.69, 9.17) is 4.74 Å². The van der Waals surface area contributed by atoms with E-state index >= 15 is 0 Å². The van der Waals surface area contributed by atoms with Crippen LogP contribution in [-0.2, 0) is 4.74 Å². The lowest BCUT2D eigenvalue weighted by Gasteiger charge is -2.60. The molecule has 1 aromatic heterocycles. The standard InChI is InChI=1S/C26H36OS/c1-5-17-14-19-15-20(27-4)8-11-25(19,2)23-9-12-26(3)21(18-10-13-28-16-18)6-7-22(26)24(17)23/h6,10,13-14,16-17,20,22-24H,5,7-9,11-12,15H2,1-4H3/t17?,20?,22-,23+,24-,25-,26+/m0/s1. The zero-order chi connectivity index (χ0) is 19.5. The van der Waals surface area contributed by atoms with Crippen LogP contribution in [0, 0.1) is 34.5 Å². The Balaban J connectivity index is 1.52. The van der Waals surface area contributed by atoms with Crippen LogP contribution in [0.2, 0.25) is 0 Å². The van der Waals surface area contributed by atoms with Crippen LogP contribution in [-0.4, -0.2) is 13.2 Å². The maximum absolute atomic E-state index is 5.78. The summed E-state index contributed by atoms with van der Waals surface area (Å²) in [5.74, 6) is 3.29. The fourth-order valence-corrected chi connectivity index (χ4v) is 8.47. The highest BCUT2D eigenvalue weighted by molar-refractivity contribution is 7.08. The van der Waals surface area contributed by atoms with Crippen molar-refractivity contribution in [3.05, 3.63) is 40.1 Å². The van der Waals surface area contributed by atoms with E-state index in [1.807, 2.05) is 18.4 Å². The summed E-state index contributed by atoms with van der Waals surface area (Å²) in [4.78, 5) is 0. The lowest BCUT2D eigenvalue weighted by molar-refractivity contribution is -0.0507. The summed E-state index contributed by atoms with van der Waals surface area (Å²) < 4.78 is 5.78. The Labute approximate surface area is 175 Å². The number of ether oxygens (including phenoxy) is 1. The zero-order valence-corrected chi connectivity index (χ0v) is 18.9. The molecule has 4 aliphatic carbocycles. The van der Waals surface area contributed by atoms with Gasteiger partial charge in [0.1, 0.15) is 0 Å². The molecule has 2 saturated carbocycles. The SMILES string of the molecule is CCC1C=C2CC(OC)CC[C@]2(C)[C@@H]2CC[C@]3(C)C(c4ccsc4)=CC[C@H]3[C@H]12. The average molecular weight is 397 g/mol. The lowest BCUT2D eigenvalue weighted by atomic mass is 9.45. The summed E-state index contributed by atoms with van der Waals surface area (Å²) in [5, 5.41) is 4.62. The second-order valence-electron chi connectivity index (χ2n) is 10.4. The van der Waals surface area contributed by atoms with Crippen molar-refractivity contribution in [3.8, 4) is 0 Å². The van der Waals surface area contributed by atoms with Gasteiger partial charge in [-0.05, 0) is 107 Å². The van der Waals surface area contributed by atoms with E-state index in [-0.39, 0.29) is 0 Å². The van der Waals surface area contributed by atoms with Gasteiger partial charge in [0.2, 0.25) is 0 Å². The molecule has 0 N–H and O–H groups in total. The number of hydrogen-bond acceptors (Lipinski definition) is 2. The maximum atomic E-state index is 5.78. The predicted molar refractivity (Wildman–Crippen MR) is 119 cm³/mol. The van der Waals surface area contributed by atoms with Crippen LogP contribution in [0.3, 0.4) is 0 Å². The molecule has 7 atom stereocenters. The van der Waals surface area contributed by atoms with Gasteiger partial charge < -0.3 is 4.74 Å². The number of fused-ring (bicyclic) bond motifs is 5. The van der Waals surface area contributed by atoms with Gasteiger partial charge in [-0.1, -0.05) is 38.5 Å². The third kappa shape index (κ3) is 2.59. The van der Waals surface area contributed by atoms with Crippen molar-refractivity contribution in [3.63, 3.8) is 0 Å². The van der Waals surface area contributed by atoms with Crippen LogP contribution >= 0.6 is 11.3 Å². The molecule has 0 spiro atoms. The molecule has 0 bridgehead atoms. The molecule has 4 aliphatic rings. The molecule has 2 fully saturated rings. The second kappa shape index (κ2) is 6.84. The van der Waals surface area contributed by atoms with Gasteiger partial charge in [-0.15, -0.1) is 0 Å². The minimum absolute atomic E-state index is 0.376. The smallest absolute Gasteiger partial charge is 0.0608 e. The van der Waals surface area contributed by atoms with Crippen molar-refractivity contribution in [2.24, 2.45) is 34.5 Å². The fraction of sp³-hybridized carbons (Fsp3) is 0.692. The van der Waals surface area contributed by atoms with E-state index in [2.05, 4.69) is 49.7 Å². The molecule has 0 amide bonds. The van der Waals surface area contributed by atoms with E-state index in [0.717, 1.165) is 23.7 Å². The first-order valence-corrected chi connectivity index (χ1v) is 12.4. The topological polar surface area (TPSA) is 9.23 Å². The van der Waals surface area contributed by atoms with Gasteiger partial charge in [-0.3, -0.25) is 0 Å². The van der Waals surface area contributed by atoms with Crippen molar-refractivity contribution in [2.75, 3.05) is 7.11 Å². The number of hydrogen-bond donors (Lipinski definition) is 0. The van der Waals surface area contributed by atoms with Crippen molar-refractivity contribution in [1.82, 2.24) is 0 Å². The molecule has 152 valence electrons. The van der Waals surface area contributed by atoms with Crippen LogP contribution in [0.5, 0.6) is 0 Å². The number of thiophene rings is 1. The van der Waals surface area contributed by atoms with Crippen molar-refractivity contribution in [2.45, 2.75) is 71.8 Å². The summed E-state index contributed by atoms with van der Waals surface area (Å²) in [7, 11) is 1.90. The Morgan fingerprint density at radius 1 is 1.14 bits per heavy atom. The summed E-state index contributed by atoms with van der Waals surface area (Å²) in [6, 6.07) is 2.35. The van der Waals surface area contributed by atoms with Gasteiger partial charge in [0.25, 0.3) is 0 Å². The van der Waals surface area contributed by atoms with Gasteiger partial charge in [0.05, 0.1) is 6.10 Å². The first-order chi connectivity index (χ1) is 13.5. The Bertz CT molecular complexity index is 789. The highest BCUT2D eigenvalue weighted by Crippen LogP contribution is 2.67. The molecular weight excluding hydrogens is 360 g/mol.